The quantitative estimate of drug-likeness (QED) is 0.706. The standard InChI is InChI=1S/C10H12N2OS/c1-2-12(6-5-11)10(13)8-9-4-3-7-14-9/h3-4,7H,2,6,8H2,1H3. The van der Waals surface area contributed by atoms with Gasteiger partial charge in [-0.1, -0.05) is 6.07 Å². The Morgan fingerprint density at radius 1 is 1.71 bits per heavy atom. The first-order valence-electron chi connectivity index (χ1n) is 4.45. The number of nitriles is 1. The summed E-state index contributed by atoms with van der Waals surface area (Å²) in [6, 6.07) is 5.85. The van der Waals surface area contributed by atoms with E-state index in [1.54, 1.807) is 16.2 Å². The third-order valence-electron chi connectivity index (χ3n) is 1.90. The van der Waals surface area contributed by atoms with E-state index in [2.05, 4.69) is 0 Å². The van der Waals surface area contributed by atoms with Crippen LogP contribution < -0.4 is 0 Å². The maximum absolute atomic E-state index is 11.6. The van der Waals surface area contributed by atoms with Crippen LogP contribution in [-0.2, 0) is 11.2 Å². The SMILES string of the molecule is CCN(CC#N)C(=O)Cc1cccs1. The minimum atomic E-state index is 0.0245. The van der Waals surface area contributed by atoms with Crippen molar-refractivity contribution in [1.82, 2.24) is 4.90 Å². The Bertz CT molecular complexity index is 326. The summed E-state index contributed by atoms with van der Waals surface area (Å²) in [6.45, 7) is 2.65. The lowest BCUT2D eigenvalue weighted by Gasteiger charge is -2.16. The maximum Gasteiger partial charge on any atom is 0.228 e. The molecule has 0 atom stereocenters. The van der Waals surface area contributed by atoms with Gasteiger partial charge in [0.2, 0.25) is 5.91 Å². The zero-order valence-corrected chi connectivity index (χ0v) is 8.88. The molecule has 1 rings (SSSR count). The summed E-state index contributed by atoms with van der Waals surface area (Å²) in [5.74, 6) is 0.0245. The van der Waals surface area contributed by atoms with Crippen molar-refractivity contribution < 1.29 is 4.79 Å². The molecular formula is C10H12N2OS. The van der Waals surface area contributed by atoms with Crippen LogP contribution in [0, 0.1) is 11.3 Å². The zero-order chi connectivity index (χ0) is 10.4. The second-order valence-electron chi connectivity index (χ2n) is 2.82. The molecule has 0 bridgehead atoms. The average molecular weight is 208 g/mol. The molecule has 0 fully saturated rings. The third-order valence-corrected chi connectivity index (χ3v) is 2.78. The van der Waals surface area contributed by atoms with Crippen LogP contribution >= 0.6 is 11.3 Å². The Morgan fingerprint density at radius 3 is 3.00 bits per heavy atom. The number of nitrogens with zero attached hydrogens (tertiary/aromatic N) is 2. The summed E-state index contributed by atoms with van der Waals surface area (Å²) in [6.07, 6.45) is 0.410. The molecule has 0 radical (unpaired) electrons. The van der Waals surface area contributed by atoms with Crippen LogP contribution in [0.15, 0.2) is 17.5 Å². The molecule has 0 N–H and O–H groups in total. The molecule has 0 aromatic carbocycles. The van der Waals surface area contributed by atoms with Gasteiger partial charge >= 0.3 is 0 Å². The topological polar surface area (TPSA) is 44.1 Å². The van der Waals surface area contributed by atoms with Crippen molar-refractivity contribution in [1.29, 1.82) is 5.26 Å². The number of carbonyl (C=O) groups is 1. The first-order valence-corrected chi connectivity index (χ1v) is 5.33. The third kappa shape index (κ3) is 2.86. The number of carbonyl (C=O) groups excluding carboxylic acids is 1. The second-order valence-corrected chi connectivity index (χ2v) is 3.85. The highest BCUT2D eigenvalue weighted by molar-refractivity contribution is 7.10. The predicted octanol–water partition coefficient (Wildman–Crippen LogP) is 1.66. The molecule has 1 heterocycles. The summed E-state index contributed by atoms with van der Waals surface area (Å²) in [7, 11) is 0. The molecule has 0 saturated carbocycles. The van der Waals surface area contributed by atoms with Gasteiger partial charge in [0.25, 0.3) is 0 Å². The first-order chi connectivity index (χ1) is 6.77. The molecule has 0 aliphatic heterocycles. The lowest BCUT2D eigenvalue weighted by atomic mass is 10.3. The zero-order valence-electron chi connectivity index (χ0n) is 8.06. The van der Waals surface area contributed by atoms with Crippen LogP contribution in [-0.4, -0.2) is 23.9 Å². The molecule has 0 aliphatic rings. The smallest absolute Gasteiger partial charge is 0.228 e. The molecule has 0 unspecified atom stereocenters. The van der Waals surface area contributed by atoms with E-state index in [4.69, 9.17) is 5.26 Å². The fraction of sp³-hybridized carbons (Fsp3) is 0.400. The van der Waals surface area contributed by atoms with Gasteiger partial charge in [-0.3, -0.25) is 4.79 Å². The van der Waals surface area contributed by atoms with Crippen molar-refractivity contribution in [3.05, 3.63) is 22.4 Å². The number of amides is 1. The molecule has 3 nitrogen and oxygen atoms in total. The molecule has 4 heteroatoms. The fourth-order valence-electron chi connectivity index (χ4n) is 1.14. The van der Waals surface area contributed by atoms with Crippen LogP contribution in [0.25, 0.3) is 0 Å². The first kappa shape index (κ1) is 10.7. The van der Waals surface area contributed by atoms with Gasteiger partial charge in [-0.25, -0.2) is 0 Å². The molecule has 0 aliphatic carbocycles. The summed E-state index contributed by atoms with van der Waals surface area (Å²) in [5.41, 5.74) is 0. The van der Waals surface area contributed by atoms with Crippen molar-refractivity contribution >= 4 is 17.2 Å². The lowest BCUT2D eigenvalue weighted by molar-refractivity contribution is -0.129. The van der Waals surface area contributed by atoms with Gasteiger partial charge in [0, 0.05) is 11.4 Å². The number of thiophene rings is 1. The van der Waals surface area contributed by atoms with E-state index < -0.39 is 0 Å². The van der Waals surface area contributed by atoms with E-state index in [0.29, 0.717) is 13.0 Å². The number of rotatable bonds is 4. The lowest BCUT2D eigenvalue weighted by Crippen LogP contribution is -2.32. The minimum Gasteiger partial charge on any atom is -0.329 e. The van der Waals surface area contributed by atoms with E-state index >= 15 is 0 Å². The monoisotopic (exact) mass is 208 g/mol. The van der Waals surface area contributed by atoms with Gasteiger partial charge in [0.15, 0.2) is 0 Å². The highest BCUT2D eigenvalue weighted by Crippen LogP contribution is 2.10. The van der Waals surface area contributed by atoms with Crippen LogP contribution in [0.4, 0.5) is 0 Å². The highest BCUT2D eigenvalue weighted by Gasteiger charge is 2.11. The molecule has 14 heavy (non-hydrogen) atoms. The molecule has 74 valence electrons. The number of hydrogen-bond donors (Lipinski definition) is 0. The Labute approximate surface area is 87.6 Å². The van der Waals surface area contributed by atoms with Crippen LogP contribution in [0.1, 0.15) is 11.8 Å². The van der Waals surface area contributed by atoms with E-state index in [1.165, 1.54) is 0 Å². The van der Waals surface area contributed by atoms with E-state index in [9.17, 15) is 4.79 Å². The Kier molecular flexibility index (Phi) is 4.14. The van der Waals surface area contributed by atoms with Gasteiger partial charge in [-0.15, -0.1) is 11.3 Å². The molecule has 1 aromatic rings. The number of hydrogen-bond acceptors (Lipinski definition) is 3. The molecule has 0 spiro atoms. The predicted molar refractivity (Wildman–Crippen MR) is 55.9 cm³/mol. The average Bonchev–Trinajstić information content (AvgIpc) is 2.66. The van der Waals surface area contributed by atoms with Crippen molar-refractivity contribution in [2.75, 3.05) is 13.1 Å². The van der Waals surface area contributed by atoms with Crippen molar-refractivity contribution in [2.24, 2.45) is 0 Å². The second kappa shape index (κ2) is 5.40. The summed E-state index contributed by atoms with van der Waals surface area (Å²) < 4.78 is 0. The maximum atomic E-state index is 11.6. The van der Waals surface area contributed by atoms with Gasteiger partial charge < -0.3 is 4.90 Å². The van der Waals surface area contributed by atoms with Crippen LogP contribution in [0.2, 0.25) is 0 Å². The van der Waals surface area contributed by atoms with Crippen molar-refractivity contribution in [3.63, 3.8) is 0 Å². The molecular weight excluding hydrogens is 196 g/mol. The summed E-state index contributed by atoms with van der Waals surface area (Å²) in [4.78, 5) is 14.2. The number of likely N-dealkylation sites (N-methyl/N-ethyl adjacent to an activating group) is 1. The van der Waals surface area contributed by atoms with Crippen LogP contribution in [0.5, 0.6) is 0 Å². The fourth-order valence-corrected chi connectivity index (χ4v) is 1.83. The largest absolute Gasteiger partial charge is 0.329 e. The van der Waals surface area contributed by atoms with E-state index in [1.807, 2.05) is 30.5 Å². The van der Waals surface area contributed by atoms with Gasteiger partial charge in [0.1, 0.15) is 6.54 Å². The minimum absolute atomic E-state index is 0.0245. The highest BCUT2D eigenvalue weighted by atomic mass is 32.1. The van der Waals surface area contributed by atoms with Gasteiger partial charge in [0.05, 0.1) is 12.5 Å². The van der Waals surface area contributed by atoms with Crippen molar-refractivity contribution in [3.8, 4) is 6.07 Å². The summed E-state index contributed by atoms with van der Waals surface area (Å²) in [5, 5.41) is 10.4. The molecule has 1 aromatic heterocycles. The Balaban J connectivity index is 2.52. The summed E-state index contributed by atoms with van der Waals surface area (Å²) >= 11 is 1.57. The van der Waals surface area contributed by atoms with E-state index in [0.717, 1.165) is 4.88 Å². The molecule has 1 amide bonds. The Hall–Kier alpha value is -1.34. The Morgan fingerprint density at radius 2 is 2.50 bits per heavy atom. The van der Waals surface area contributed by atoms with Gasteiger partial charge in [-0.2, -0.15) is 5.26 Å². The van der Waals surface area contributed by atoms with E-state index in [-0.39, 0.29) is 12.5 Å². The normalized spacial score (nSPS) is 9.43. The van der Waals surface area contributed by atoms with Gasteiger partial charge in [-0.05, 0) is 18.4 Å². The van der Waals surface area contributed by atoms with Crippen molar-refractivity contribution in [2.45, 2.75) is 13.3 Å². The van der Waals surface area contributed by atoms with Crippen LogP contribution in [0.3, 0.4) is 0 Å². The molecule has 0 saturated heterocycles.